The van der Waals surface area contributed by atoms with Gasteiger partial charge in [0.1, 0.15) is 11.9 Å². The van der Waals surface area contributed by atoms with Crippen LogP contribution in [-0.2, 0) is 9.53 Å². The maximum absolute atomic E-state index is 11.3. The first-order valence-electron chi connectivity index (χ1n) is 5.27. The van der Waals surface area contributed by atoms with Crippen LogP contribution in [0.25, 0.3) is 0 Å². The summed E-state index contributed by atoms with van der Waals surface area (Å²) in [5.41, 5.74) is 0.343. The van der Waals surface area contributed by atoms with E-state index in [0.29, 0.717) is 11.3 Å². The Labute approximate surface area is 99.6 Å². The summed E-state index contributed by atoms with van der Waals surface area (Å²) < 4.78 is 9.66. The van der Waals surface area contributed by atoms with Gasteiger partial charge in [0.25, 0.3) is 0 Å². The van der Waals surface area contributed by atoms with Gasteiger partial charge < -0.3 is 19.7 Å². The van der Waals surface area contributed by atoms with Crippen molar-refractivity contribution in [2.75, 3.05) is 13.7 Å². The van der Waals surface area contributed by atoms with E-state index in [9.17, 15) is 15.0 Å². The van der Waals surface area contributed by atoms with E-state index in [1.165, 1.54) is 7.11 Å². The molecule has 1 rings (SSSR count). The summed E-state index contributed by atoms with van der Waals surface area (Å²) >= 11 is 0. The molecular formula is C12H16O5. The minimum absolute atomic E-state index is 0.147. The Balaban J connectivity index is 2.88. The Morgan fingerprint density at radius 2 is 2.00 bits per heavy atom. The number of aliphatic hydroxyl groups is 2. The molecule has 1 aromatic carbocycles. The SMILES string of the molecule is CCOC(=O)C(O)C(O)c1ccccc1OC. The van der Waals surface area contributed by atoms with Crippen molar-refractivity contribution in [3.63, 3.8) is 0 Å². The molecule has 2 unspecified atom stereocenters. The van der Waals surface area contributed by atoms with Gasteiger partial charge in [-0.25, -0.2) is 4.79 Å². The van der Waals surface area contributed by atoms with E-state index >= 15 is 0 Å². The van der Waals surface area contributed by atoms with Crippen molar-refractivity contribution in [3.05, 3.63) is 29.8 Å². The molecule has 1 aromatic rings. The van der Waals surface area contributed by atoms with Gasteiger partial charge >= 0.3 is 5.97 Å². The number of methoxy groups -OCH3 is 1. The van der Waals surface area contributed by atoms with Crippen LogP contribution in [0.4, 0.5) is 0 Å². The highest BCUT2D eigenvalue weighted by molar-refractivity contribution is 5.75. The molecule has 2 N–H and O–H groups in total. The molecule has 0 spiro atoms. The standard InChI is InChI=1S/C12H16O5/c1-3-17-12(15)11(14)10(13)8-6-4-5-7-9(8)16-2/h4-7,10-11,13-14H,3H2,1-2H3. The number of carbonyl (C=O) groups excluding carboxylic acids is 1. The summed E-state index contributed by atoms with van der Waals surface area (Å²) in [6.07, 6.45) is -2.99. The lowest BCUT2D eigenvalue weighted by molar-refractivity contribution is -0.159. The number of carbonyl (C=O) groups is 1. The summed E-state index contributed by atoms with van der Waals surface area (Å²) in [5, 5.41) is 19.5. The largest absolute Gasteiger partial charge is 0.496 e. The molecule has 0 aliphatic heterocycles. The molecule has 0 aliphatic rings. The number of hydrogen-bond acceptors (Lipinski definition) is 5. The van der Waals surface area contributed by atoms with Gasteiger partial charge in [-0.3, -0.25) is 0 Å². The predicted octanol–water partition coefficient (Wildman–Crippen LogP) is 0.653. The lowest BCUT2D eigenvalue weighted by Gasteiger charge is -2.18. The van der Waals surface area contributed by atoms with Gasteiger partial charge in [-0.15, -0.1) is 0 Å². The maximum atomic E-state index is 11.3. The van der Waals surface area contributed by atoms with Gasteiger partial charge in [0.15, 0.2) is 6.10 Å². The van der Waals surface area contributed by atoms with Gasteiger partial charge in [0.05, 0.1) is 13.7 Å². The van der Waals surface area contributed by atoms with E-state index in [2.05, 4.69) is 4.74 Å². The third-order valence-electron chi connectivity index (χ3n) is 2.28. The fourth-order valence-corrected chi connectivity index (χ4v) is 1.44. The second-order valence-electron chi connectivity index (χ2n) is 3.38. The molecule has 0 amide bonds. The first-order chi connectivity index (χ1) is 8.11. The van der Waals surface area contributed by atoms with Crippen molar-refractivity contribution in [2.45, 2.75) is 19.1 Å². The van der Waals surface area contributed by atoms with Crippen LogP contribution in [0, 0.1) is 0 Å². The quantitative estimate of drug-likeness (QED) is 0.739. The van der Waals surface area contributed by atoms with Crippen LogP contribution >= 0.6 is 0 Å². The average molecular weight is 240 g/mol. The number of hydrogen-bond donors (Lipinski definition) is 2. The zero-order valence-electron chi connectivity index (χ0n) is 9.79. The van der Waals surface area contributed by atoms with E-state index in [4.69, 9.17) is 4.74 Å². The van der Waals surface area contributed by atoms with Crippen LogP contribution in [0.2, 0.25) is 0 Å². The van der Waals surface area contributed by atoms with Crippen LogP contribution in [0.15, 0.2) is 24.3 Å². The summed E-state index contributed by atoms with van der Waals surface area (Å²) in [5.74, 6) is -0.450. The number of esters is 1. The number of ether oxygens (including phenoxy) is 2. The molecule has 94 valence electrons. The van der Waals surface area contributed by atoms with E-state index < -0.39 is 18.2 Å². The number of rotatable bonds is 5. The molecule has 0 aromatic heterocycles. The van der Waals surface area contributed by atoms with Crippen LogP contribution in [0.1, 0.15) is 18.6 Å². The summed E-state index contributed by atoms with van der Waals surface area (Å²) in [7, 11) is 1.45. The highest BCUT2D eigenvalue weighted by Gasteiger charge is 2.28. The second kappa shape index (κ2) is 6.22. The fourth-order valence-electron chi connectivity index (χ4n) is 1.44. The van der Waals surface area contributed by atoms with E-state index in [1.807, 2.05) is 0 Å². The molecule has 5 heteroatoms. The fraction of sp³-hybridized carbons (Fsp3) is 0.417. The van der Waals surface area contributed by atoms with Crippen molar-refractivity contribution in [1.29, 1.82) is 0 Å². The third kappa shape index (κ3) is 3.18. The van der Waals surface area contributed by atoms with Crippen LogP contribution < -0.4 is 4.74 Å². The van der Waals surface area contributed by atoms with Crippen LogP contribution in [0.3, 0.4) is 0 Å². The lowest BCUT2D eigenvalue weighted by Crippen LogP contribution is -2.30. The average Bonchev–Trinajstić information content (AvgIpc) is 2.37. The first kappa shape index (κ1) is 13.5. The Kier molecular flexibility index (Phi) is 4.93. The van der Waals surface area contributed by atoms with Crippen LogP contribution in [-0.4, -0.2) is 36.0 Å². The summed E-state index contributed by atoms with van der Waals surface area (Å²) in [6.45, 7) is 1.77. The Morgan fingerprint density at radius 1 is 1.35 bits per heavy atom. The van der Waals surface area contributed by atoms with E-state index in [1.54, 1.807) is 31.2 Å². The number of benzene rings is 1. The molecule has 2 atom stereocenters. The molecule has 0 aliphatic carbocycles. The molecule has 0 bridgehead atoms. The zero-order chi connectivity index (χ0) is 12.8. The minimum atomic E-state index is -1.62. The second-order valence-corrected chi connectivity index (χ2v) is 3.38. The van der Waals surface area contributed by atoms with E-state index in [-0.39, 0.29) is 6.61 Å². The molecule has 0 saturated heterocycles. The minimum Gasteiger partial charge on any atom is -0.496 e. The van der Waals surface area contributed by atoms with Crippen molar-refractivity contribution in [2.24, 2.45) is 0 Å². The molecule has 0 saturated carbocycles. The molecular weight excluding hydrogens is 224 g/mol. The normalized spacial score (nSPS) is 13.9. The highest BCUT2D eigenvalue weighted by atomic mass is 16.5. The lowest BCUT2D eigenvalue weighted by atomic mass is 10.0. The third-order valence-corrected chi connectivity index (χ3v) is 2.28. The Bertz CT molecular complexity index is 377. The smallest absolute Gasteiger partial charge is 0.338 e. The highest BCUT2D eigenvalue weighted by Crippen LogP contribution is 2.27. The monoisotopic (exact) mass is 240 g/mol. The number of aliphatic hydroxyl groups excluding tert-OH is 2. The summed E-state index contributed by atoms with van der Waals surface area (Å²) in [6, 6.07) is 6.62. The van der Waals surface area contributed by atoms with Gasteiger partial charge in [-0.2, -0.15) is 0 Å². The van der Waals surface area contributed by atoms with Gasteiger partial charge in [-0.05, 0) is 13.0 Å². The Hall–Kier alpha value is -1.59. The topological polar surface area (TPSA) is 76.0 Å². The van der Waals surface area contributed by atoms with E-state index in [0.717, 1.165) is 0 Å². The molecule has 17 heavy (non-hydrogen) atoms. The van der Waals surface area contributed by atoms with Gasteiger partial charge in [0, 0.05) is 5.56 Å². The van der Waals surface area contributed by atoms with Gasteiger partial charge in [0.2, 0.25) is 0 Å². The van der Waals surface area contributed by atoms with Crippen molar-refractivity contribution < 1.29 is 24.5 Å². The van der Waals surface area contributed by atoms with Gasteiger partial charge in [-0.1, -0.05) is 18.2 Å². The molecule has 0 heterocycles. The molecule has 0 fully saturated rings. The zero-order valence-corrected chi connectivity index (χ0v) is 9.79. The number of para-hydroxylation sites is 1. The van der Waals surface area contributed by atoms with Crippen LogP contribution in [0.5, 0.6) is 5.75 Å². The predicted molar refractivity (Wildman–Crippen MR) is 60.6 cm³/mol. The molecule has 0 radical (unpaired) electrons. The molecule has 5 nitrogen and oxygen atoms in total. The summed E-state index contributed by atoms with van der Waals surface area (Å²) in [4.78, 5) is 11.3. The van der Waals surface area contributed by atoms with Crippen molar-refractivity contribution >= 4 is 5.97 Å². The van der Waals surface area contributed by atoms with Crippen molar-refractivity contribution in [1.82, 2.24) is 0 Å². The maximum Gasteiger partial charge on any atom is 0.338 e. The Morgan fingerprint density at radius 3 is 2.59 bits per heavy atom. The first-order valence-corrected chi connectivity index (χ1v) is 5.27. The van der Waals surface area contributed by atoms with Crippen molar-refractivity contribution in [3.8, 4) is 5.75 Å².